The van der Waals surface area contributed by atoms with Crippen molar-refractivity contribution in [1.82, 2.24) is 20.2 Å². The fraction of sp³-hybridized carbons (Fsp3) is 0.714. The van der Waals surface area contributed by atoms with E-state index in [0.717, 1.165) is 31.9 Å². The summed E-state index contributed by atoms with van der Waals surface area (Å²) in [5.74, 6) is 1.21. The molecule has 1 saturated heterocycles. The largest absolute Gasteiger partial charge is 0.350 e. The van der Waals surface area contributed by atoms with Gasteiger partial charge in [-0.05, 0) is 31.7 Å². The quantitative estimate of drug-likeness (QED) is 0.845. The van der Waals surface area contributed by atoms with Gasteiger partial charge in [0.05, 0.1) is 6.33 Å². The topological polar surface area (TPSA) is 61.0 Å². The summed E-state index contributed by atoms with van der Waals surface area (Å²) in [5, 5.41) is 2.99. The van der Waals surface area contributed by atoms with Crippen LogP contribution in [-0.2, 0) is 0 Å². The first-order valence-corrected chi connectivity index (χ1v) is 7.06. The molecule has 5 nitrogen and oxygen atoms in total. The standard InChI is InChI=1S/C14H24N4O/c1-10(2)7-18-5-4-12(8-18)6-15-14(19)13-11(3)16-9-17-13/h9-10,12H,4-8H2,1-3H3,(H,15,19)(H,16,17). The molecule has 0 aromatic carbocycles. The molecule has 0 radical (unpaired) electrons. The Hall–Kier alpha value is -1.36. The van der Waals surface area contributed by atoms with Gasteiger partial charge in [-0.25, -0.2) is 4.98 Å². The van der Waals surface area contributed by atoms with Gasteiger partial charge < -0.3 is 15.2 Å². The summed E-state index contributed by atoms with van der Waals surface area (Å²) >= 11 is 0. The molecule has 19 heavy (non-hydrogen) atoms. The molecule has 0 spiro atoms. The van der Waals surface area contributed by atoms with Gasteiger partial charge >= 0.3 is 0 Å². The van der Waals surface area contributed by atoms with E-state index >= 15 is 0 Å². The van der Waals surface area contributed by atoms with Gasteiger partial charge in [-0.1, -0.05) is 13.8 Å². The number of H-pyrrole nitrogens is 1. The molecule has 1 atom stereocenters. The fourth-order valence-corrected chi connectivity index (χ4v) is 2.67. The van der Waals surface area contributed by atoms with Crippen LogP contribution >= 0.6 is 0 Å². The van der Waals surface area contributed by atoms with Crippen LogP contribution in [0, 0.1) is 18.8 Å². The van der Waals surface area contributed by atoms with Crippen LogP contribution in [-0.4, -0.2) is 47.0 Å². The molecule has 0 aliphatic carbocycles. The summed E-state index contributed by atoms with van der Waals surface area (Å²) in [6, 6.07) is 0. The Morgan fingerprint density at radius 3 is 3.05 bits per heavy atom. The van der Waals surface area contributed by atoms with E-state index in [1.165, 1.54) is 6.42 Å². The lowest BCUT2D eigenvalue weighted by Crippen LogP contribution is -2.32. The molecule has 2 N–H and O–H groups in total. The number of aromatic amines is 1. The average molecular weight is 264 g/mol. The first kappa shape index (κ1) is 14.1. The number of nitrogens with zero attached hydrogens (tertiary/aromatic N) is 2. The Bertz CT molecular complexity index is 427. The zero-order valence-corrected chi connectivity index (χ0v) is 12.1. The normalized spacial score (nSPS) is 20.1. The minimum absolute atomic E-state index is 0.0685. The lowest BCUT2D eigenvalue weighted by atomic mass is 10.1. The molecule has 1 fully saturated rings. The minimum Gasteiger partial charge on any atom is -0.350 e. The number of hydrogen-bond acceptors (Lipinski definition) is 3. The summed E-state index contributed by atoms with van der Waals surface area (Å²) in [7, 11) is 0. The van der Waals surface area contributed by atoms with Crippen molar-refractivity contribution in [2.75, 3.05) is 26.2 Å². The molecule has 5 heteroatoms. The number of likely N-dealkylation sites (tertiary alicyclic amines) is 1. The molecule has 106 valence electrons. The maximum absolute atomic E-state index is 11.9. The van der Waals surface area contributed by atoms with E-state index in [9.17, 15) is 4.79 Å². The van der Waals surface area contributed by atoms with Crippen LogP contribution in [0.2, 0.25) is 0 Å². The highest BCUT2D eigenvalue weighted by molar-refractivity contribution is 5.93. The second-order valence-corrected chi connectivity index (χ2v) is 5.89. The molecule has 1 aliphatic heterocycles. The SMILES string of the molecule is Cc1[nH]cnc1C(=O)NCC1CCN(CC(C)C)C1. The third-order valence-electron chi connectivity index (χ3n) is 3.59. The van der Waals surface area contributed by atoms with E-state index in [4.69, 9.17) is 0 Å². The van der Waals surface area contributed by atoms with Gasteiger partial charge in [0.25, 0.3) is 5.91 Å². The lowest BCUT2D eigenvalue weighted by molar-refractivity contribution is 0.0942. The third-order valence-corrected chi connectivity index (χ3v) is 3.59. The maximum atomic E-state index is 11.9. The summed E-state index contributed by atoms with van der Waals surface area (Å²) < 4.78 is 0. The molecule has 1 amide bonds. The second-order valence-electron chi connectivity index (χ2n) is 5.89. The smallest absolute Gasteiger partial charge is 0.271 e. The van der Waals surface area contributed by atoms with Gasteiger partial charge in [-0.15, -0.1) is 0 Å². The van der Waals surface area contributed by atoms with Gasteiger partial charge in [0.1, 0.15) is 5.69 Å². The number of amides is 1. The third kappa shape index (κ3) is 3.80. The van der Waals surface area contributed by atoms with Crippen LogP contribution in [0.5, 0.6) is 0 Å². The van der Waals surface area contributed by atoms with Crippen LogP contribution < -0.4 is 5.32 Å². The summed E-state index contributed by atoms with van der Waals surface area (Å²) in [6.07, 6.45) is 2.73. The van der Waals surface area contributed by atoms with Crippen LogP contribution in [0.1, 0.15) is 36.5 Å². The van der Waals surface area contributed by atoms with E-state index in [1.54, 1.807) is 6.33 Å². The van der Waals surface area contributed by atoms with Gasteiger partial charge in [0, 0.05) is 25.3 Å². The van der Waals surface area contributed by atoms with Crippen LogP contribution in [0.15, 0.2) is 6.33 Å². The Morgan fingerprint density at radius 2 is 2.42 bits per heavy atom. The van der Waals surface area contributed by atoms with Gasteiger partial charge in [-0.3, -0.25) is 4.79 Å². The Morgan fingerprint density at radius 1 is 1.63 bits per heavy atom. The van der Waals surface area contributed by atoms with E-state index in [2.05, 4.69) is 34.0 Å². The Balaban J connectivity index is 1.75. The van der Waals surface area contributed by atoms with Gasteiger partial charge in [0.15, 0.2) is 0 Å². The maximum Gasteiger partial charge on any atom is 0.271 e. The molecule has 1 unspecified atom stereocenters. The molecule has 1 aromatic heterocycles. The van der Waals surface area contributed by atoms with Crippen molar-refractivity contribution in [3.8, 4) is 0 Å². The molecular weight excluding hydrogens is 240 g/mol. The number of aromatic nitrogens is 2. The monoisotopic (exact) mass is 264 g/mol. The van der Waals surface area contributed by atoms with Crippen LogP contribution in [0.25, 0.3) is 0 Å². The molecular formula is C14H24N4O. The minimum atomic E-state index is -0.0685. The highest BCUT2D eigenvalue weighted by atomic mass is 16.1. The lowest BCUT2D eigenvalue weighted by Gasteiger charge is -2.18. The van der Waals surface area contributed by atoms with Crippen molar-refractivity contribution in [1.29, 1.82) is 0 Å². The highest BCUT2D eigenvalue weighted by Crippen LogP contribution is 2.16. The molecule has 1 aromatic rings. The zero-order valence-electron chi connectivity index (χ0n) is 12.1. The second kappa shape index (κ2) is 6.19. The van der Waals surface area contributed by atoms with Crippen molar-refractivity contribution in [2.24, 2.45) is 11.8 Å². The van der Waals surface area contributed by atoms with Crippen molar-refractivity contribution < 1.29 is 4.79 Å². The first-order valence-electron chi connectivity index (χ1n) is 7.06. The van der Waals surface area contributed by atoms with Crippen LogP contribution in [0.3, 0.4) is 0 Å². The number of nitrogens with one attached hydrogen (secondary N) is 2. The molecule has 2 heterocycles. The van der Waals surface area contributed by atoms with Crippen LogP contribution in [0.4, 0.5) is 0 Å². The molecule has 0 bridgehead atoms. The Labute approximate surface area is 114 Å². The highest BCUT2D eigenvalue weighted by Gasteiger charge is 2.23. The summed E-state index contributed by atoms with van der Waals surface area (Å²) in [6.45, 7) is 10.5. The zero-order chi connectivity index (χ0) is 13.8. The van der Waals surface area contributed by atoms with E-state index in [-0.39, 0.29) is 5.91 Å². The number of hydrogen-bond donors (Lipinski definition) is 2. The van der Waals surface area contributed by atoms with Crippen molar-refractivity contribution in [2.45, 2.75) is 27.2 Å². The summed E-state index contributed by atoms with van der Waals surface area (Å²) in [4.78, 5) is 21.4. The number of carbonyl (C=O) groups excluding carboxylic acids is 1. The van der Waals surface area contributed by atoms with Crippen molar-refractivity contribution in [3.05, 3.63) is 17.7 Å². The van der Waals surface area contributed by atoms with E-state index < -0.39 is 0 Å². The first-order chi connectivity index (χ1) is 9.06. The predicted octanol–water partition coefficient (Wildman–Crippen LogP) is 1.43. The average Bonchev–Trinajstić information content (AvgIpc) is 2.94. The van der Waals surface area contributed by atoms with Gasteiger partial charge in [0.2, 0.25) is 0 Å². The van der Waals surface area contributed by atoms with E-state index in [1.807, 2.05) is 6.92 Å². The molecule has 0 saturated carbocycles. The molecule has 1 aliphatic rings. The molecule has 2 rings (SSSR count). The fourth-order valence-electron chi connectivity index (χ4n) is 2.67. The number of aryl methyl sites for hydroxylation is 1. The van der Waals surface area contributed by atoms with E-state index in [0.29, 0.717) is 17.5 Å². The number of carbonyl (C=O) groups is 1. The number of rotatable bonds is 5. The van der Waals surface area contributed by atoms with Gasteiger partial charge in [-0.2, -0.15) is 0 Å². The summed E-state index contributed by atoms with van der Waals surface area (Å²) in [5.41, 5.74) is 1.34. The number of imidazole rings is 1. The predicted molar refractivity (Wildman–Crippen MR) is 75.0 cm³/mol. The Kier molecular flexibility index (Phi) is 4.58. The van der Waals surface area contributed by atoms with Crippen molar-refractivity contribution >= 4 is 5.91 Å². The van der Waals surface area contributed by atoms with Crippen molar-refractivity contribution in [3.63, 3.8) is 0 Å².